The van der Waals surface area contributed by atoms with Gasteiger partial charge in [-0.3, -0.25) is 4.90 Å². The van der Waals surface area contributed by atoms with Crippen LogP contribution in [0.2, 0.25) is 5.02 Å². The molecular formula is C12H18BrCl3N2. The third-order valence-electron chi connectivity index (χ3n) is 3.11. The van der Waals surface area contributed by atoms with E-state index in [4.69, 9.17) is 11.6 Å². The molecule has 1 atom stereocenters. The molecule has 18 heavy (non-hydrogen) atoms. The fourth-order valence-corrected chi connectivity index (χ4v) is 3.12. The SMILES string of the molecule is C[C@@H](c1ccc(Cl)cc1Br)N1CCNCC1.Cl.Cl. The molecule has 2 rings (SSSR count). The van der Waals surface area contributed by atoms with Crippen LogP contribution in [0.15, 0.2) is 22.7 Å². The third kappa shape index (κ3) is 4.55. The van der Waals surface area contributed by atoms with Gasteiger partial charge in [0.15, 0.2) is 0 Å². The summed E-state index contributed by atoms with van der Waals surface area (Å²) in [5.74, 6) is 0. The van der Waals surface area contributed by atoms with E-state index < -0.39 is 0 Å². The Bertz CT molecular complexity index is 370. The van der Waals surface area contributed by atoms with Crippen molar-refractivity contribution in [2.75, 3.05) is 26.2 Å². The van der Waals surface area contributed by atoms with Crippen molar-refractivity contribution in [3.05, 3.63) is 33.3 Å². The van der Waals surface area contributed by atoms with Crippen molar-refractivity contribution in [1.29, 1.82) is 0 Å². The lowest BCUT2D eigenvalue weighted by atomic mass is 10.1. The zero-order valence-electron chi connectivity index (χ0n) is 10.2. The van der Waals surface area contributed by atoms with Gasteiger partial charge in [0.25, 0.3) is 0 Å². The molecule has 0 unspecified atom stereocenters. The molecule has 104 valence electrons. The summed E-state index contributed by atoms with van der Waals surface area (Å²) < 4.78 is 1.10. The first kappa shape index (κ1) is 18.5. The first-order valence-electron chi connectivity index (χ1n) is 5.58. The second-order valence-corrected chi connectivity index (χ2v) is 5.42. The fraction of sp³-hybridized carbons (Fsp3) is 0.500. The summed E-state index contributed by atoms with van der Waals surface area (Å²) in [6.45, 7) is 6.62. The number of piperazine rings is 1. The maximum absolute atomic E-state index is 5.95. The summed E-state index contributed by atoms with van der Waals surface area (Å²) in [5.41, 5.74) is 1.31. The van der Waals surface area contributed by atoms with Gasteiger partial charge in [0.2, 0.25) is 0 Å². The maximum atomic E-state index is 5.95. The molecule has 0 amide bonds. The quantitative estimate of drug-likeness (QED) is 0.842. The minimum atomic E-state index is 0. The van der Waals surface area contributed by atoms with E-state index in [2.05, 4.69) is 39.1 Å². The van der Waals surface area contributed by atoms with E-state index in [0.717, 1.165) is 35.7 Å². The number of rotatable bonds is 2. The molecule has 0 aromatic heterocycles. The molecule has 6 heteroatoms. The lowest BCUT2D eigenvalue weighted by Gasteiger charge is -2.33. The van der Waals surface area contributed by atoms with Gasteiger partial charge in [0.1, 0.15) is 0 Å². The molecule has 0 radical (unpaired) electrons. The Kier molecular flexibility index (Phi) is 8.85. The Labute approximate surface area is 134 Å². The number of hydrogen-bond acceptors (Lipinski definition) is 2. The van der Waals surface area contributed by atoms with Crippen LogP contribution in [0.4, 0.5) is 0 Å². The van der Waals surface area contributed by atoms with E-state index in [1.54, 1.807) is 0 Å². The summed E-state index contributed by atoms with van der Waals surface area (Å²) in [4.78, 5) is 2.49. The molecule has 0 saturated carbocycles. The standard InChI is InChI=1S/C12H16BrClN2.2ClH/c1-9(16-6-4-15-5-7-16)11-3-2-10(14)8-12(11)13;;/h2-3,8-9,15H,4-7H2,1H3;2*1H/t9-;;/m0../s1. The van der Waals surface area contributed by atoms with Crippen molar-refractivity contribution in [3.63, 3.8) is 0 Å². The lowest BCUT2D eigenvalue weighted by Crippen LogP contribution is -2.44. The number of halogens is 4. The average molecular weight is 377 g/mol. The highest BCUT2D eigenvalue weighted by Gasteiger charge is 2.19. The molecule has 1 aliphatic heterocycles. The van der Waals surface area contributed by atoms with Crippen LogP contribution in [0.25, 0.3) is 0 Å². The van der Waals surface area contributed by atoms with Crippen LogP contribution < -0.4 is 5.32 Å². The number of nitrogens with zero attached hydrogens (tertiary/aromatic N) is 1. The Morgan fingerprint density at radius 2 is 1.89 bits per heavy atom. The van der Waals surface area contributed by atoms with E-state index in [0.29, 0.717) is 6.04 Å². The van der Waals surface area contributed by atoms with Gasteiger partial charge in [-0.15, -0.1) is 24.8 Å². The van der Waals surface area contributed by atoms with E-state index in [-0.39, 0.29) is 24.8 Å². The molecule has 0 aliphatic carbocycles. The number of hydrogen-bond donors (Lipinski definition) is 1. The van der Waals surface area contributed by atoms with Crippen molar-refractivity contribution < 1.29 is 0 Å². The minimum absolute atomic E-state index is 0. The second-order valence-electron chi connectivity index (χ2n) is 4.13. The van der Waals surface area contributed by atoms with Crippen LogP contribution in [0.1, 0.15) is 18.5 Å². The normalized spacial score (nSPS) is 17.5. The average Bonchev–Trinajstić information content (AvgIpc) is 2.29. The second kappa shape index (κ2) is 8.62. The Hall–Kier alpha value is 0.490. The molecule has 1 aromatic carbocycles. The first-order valence-corrected chi connectivity index (χ1v) is 6.75. The van der Waals surface area contributed by atoms with Crippen LogP contribution in [0.3, 0.4) is 0 Å². The van der Waals surface area contributed by atoms with Crippen LogP contribution in [-0.4, -0.2) is 31.1 Å². The van der Waals surface area contributed by atoms with E-state index in [1.807, 2.05) is 12.1 Å². The zero-order valence-corrected chi connectivity index (χ0v) is 14.1. The van der Waals surface area contributed by atoms with Crippen molar-refractivity contribution >= 4 is 52.3 Å². The minimum Gasteiger partial charge on any atom is -0.314 e. The van der Waals surface area contributed by atoms with Crippen molar-refractivity contribution in [2.24, 2.45) is 0 Å². The predicted octanol–water partition coefficient (Wildman–Crippen LogP) is 3.91. The van der Waals surface area contributed by atoms with E-state index in [9.17, 15) is 0 Å². The van der Waals surface area contributed by atoms with Gasteiger partial charge in [-0.05, 0) is 24.6 Å². The summed E-state index contributed by atoms with van der Waals surface area (Å²) >= 11 is 9.54. The summed E-state index contributed by atoms with van der Waals surface area (Å²) in [7, 11) is 0. The summed E-state index contributed by atoms with van der Waals surface area (Å²) in [6.07, 6.45) is 0. The van der Waals surface area contributed by atoms with E-state index in [1.165, 1.54) is 5.56 Å². The molecular weight excluding hydrogens is 358 g/mol. The highest BCUT2D eigenvalue weighted by molar-refractivity contribution is 9.10. The smallest absolute Gasteiger partial charge is 0.0417 e. The molecule has 0 spiro atoms. The topological polar surface area (TPSA) is 15.3 Å². The van der Waals surface area contributed by atoms with Gasteiger partial charge in [-0.2, -0.15) is 0 Å². The lowest BCUT2D eigenvalue weighted by molar-refractivity contribution is 0.185. The van der Waals surface area contributed by atoms with Crippen molar-refractivity contribution in [3.8, 4) is 0 Å². The van der Waals surface area contributed by atoms with Crippen LogP contribution in [0.5, 0.6) is 0 Å². The van der Waals surface area contributed by atoms with E-state index >= 15 is 0 Å². The maximum Gasteiger partial charge on any atom is 0.0417 e. The molecule has 1 aromatic rings. The van der Waals surface area contributed by atoms with Crippen molar-refractivity contribution in [1.82, 2.24) is 10.2 Å². The van der Waals surface area contributed by atoms with Crippen molar-refractivity contribution in [2.45, 2.75) is 13.0 Å². The van der Waals surface area contributed by atoms with Gasteiger partial charge >= 0.3 is 0 Å². The van der Waals surface area contributed by atoms with Gasteiger partial charge in [0, 0.05) is 41.7 Å². The monoisotopic (exact) mass is 374 g/mol. The van der Waals surface area contributed by atoms with Crippen LogP contribution >= 0.6 is 52.3 Å². The summed E-state index contributed by atoms with van der Waals surface area (Å²) in [5, 5.41) is 4.15. The third-order valence-corrected chi connectivity index (χ3v) is 4.03. The largest absolute Gasteiger partial charge is 0.314 e. The molecule has 0 bridgehead atoms. The van der Waals surface area contributed by atoms with Crippen LogP contribution in [-0.2, 0) is 0 Å². The fourth-order valence-electron chi connectivity index (χ4n) is 2.11. The van der Waals surface area contributed by atoms with Gasteiger partial charge in [0.05, 0.1) is 0 Å². The van der Waals surface area contributed by atoms with Crippen LogP contribution in [0, 0.1) is 0 Å². The predicted molar refractivity (Wildman–Crippen MR) is 86.5 cm³/mol. The van der Waals surface area contributed by atoms with Gasteiger partial charge in [-0.25, -0.2) is 0 Å². The Balaban J connectivity index is 0.00000144. The molecule has 1 aliphatic rings. The molecule has 1 fully saturated rings. The van der Waals surface area contributed by atoms with Gasteiger partial charge < -0.3 is 5.32 Å². The van der Waals surface area contributed by atoms with Gasteiger partial charge in [-0.1, -0.05) is 33.6 Å². The Morgan fingerprint density at radius 3 is 2.44 bits per heavy atom. The molecule has 1 N–H and O–H groups in total. The Morgan fingerprint density at radius 1 is 1.28 bits per heavy atom. The molecule has 2 nitrogen and oxygen atoms in total. The number of benzene rings is 1. The summed E-state index contributed by atoms with van der Waals surface area (Å²) in [6, 6.07) is 6.48. The molecule has 1 heterocycles. The highest BCUT2D eigenvalue weighted by atomic mass is 79.9. The highest BCUT2D eigenvalue weighted by Crippen LogP contribution is 2.29. The number of nitrogens with one attached hydrogen (secondary N) is 1. The molecule has 1 saturated heterocycles. The zero-order chi connectivity index (χ0) is 11.5. The first-order chi connectivity index (χ1) is 7.68.